The molecule has 37 heavy (non-hydrogen) atoms. The second kappa shape index (κ2) is 7.51. The van der Waals surface area contributed by atoms with Crippen molar-refractivity contribution >= 4 is 27.8 Å². The standard InChI is InChI=1S/C31H32N4O2/c1-31-24-17-34-13-11-20-18-7-3-5-9-25(18)32-28(20)27(34)15-22(24)23(30(36)37-2)16-35(31)14-12-21-19-8-4-6-10-26(19)33-29(21)31/h3-10,16,22,24,27,32-33H,11-15,17H2,1-2H3/t22-,24+,27-,31+/m1/s1. The van der Waals surface area contributed by atoms with E-state index in [1.54, 1.807) is 0 Å². The summed E-state index contributed by atoms with van der Waals surface area (Å²) in [5.41, 5.74) is 8.64. The highest BCUT2D eigenvalue weighted by Crippen LogP contribution is 2.56. The quantitative estimate of drug-likeness (QED) is 0.366. The van der Waals surface area contributed by atoms with Crippen molar-refractivity contribution < 1.29 is 9.53 Å². The Hall–Kier alpha value is -3.51. The highest BCUT2D eigenvalue weighted by Gasteiger charge is 2.56. The molecule has 0 bridgehead atoms. The molecule has 4 aliphatic rings. The zero-order chi connectivity index (χ0) is 24.9. The Bertz CT molecular complexity index is 1610. The largest absolute Gasteiger partial charge is 0.466 e. The first-order valence-corrected chi connectivity index (χ1v) is 13.6. The van der Waals surface area contributed by atoms with Gasteiger partial charge in [-0.25, -0.2) is 4.79 Å². The highest BCUT2D eigenvalue weighted by molar-refractivity contribution is 5.90. The van der Waals surface area contributed by atoms with Gasteiger partial charge in [0, 0.05) is 70.9 Å². The van der Waals surface area contributed by atoms with Gasteiger partial charge in [0.2, 0.25) is 0 Å². The molecule has 0 radical (unpaired) electrons. The van der Waals surface area contributed by atoms with Gasteiger partial charge in [-0.1, -0.05) is 36.4 Å². The van der Waals surface area contributed by atoms with Crippen LogP contribution in [-0.4, -0.2) is 52.5 Å². The van der Waals surface area contributed by atoms with Gasteiger partial charge in [0.25, 0.3) is 0 Å². The predicted molar refractivity (Wildman–Crippen MR) is 144 cm³/mol. The number of aromatic nitrogens is 2. The number of aromatic amines is 2. The molecule has 0 unspecified atom stereocenters. The molecule has 6 heteroatoms. The maximum Gasteiger partial charge on any atom is 0.335 e. The molecule has 4 atom stereocenters. The van der Waals surface area contributed by atoms with Gasteiger partial charge in [-0.05, 0) is 49.4 Å². The lowest BCUT2D eigenvalue weighted by Gasteiger charge is -2.59. The molecule has 1 saturated heterocycles. The molecule has 1 fully saturated rings. The van der Waals surface area contributed by atoms with E-state index in [-0.39, 0.29) is 29.4 Å². The van der Waals surface area contributed by atoms with Crippen molar-refractivity contribution in [3.8, 4) is 0 Å². The van der Waals surface area contributed by atoms with Crippen LogP contribution in [0.25, 0.3) is 21.8 Å². The number of hydrogen-bond donors (Lipinski definition) is 2. The molecule has 0 amide bonds. The number of fused-ring (bicyclic) bond motifs is 12. The second-order valence-corrected chi connectivity index (χ2v) is 11.5. The minimum atomic E-state index is -0.208. The van der Waals surface area contributed by atoms with Gasteiger partial charge in [0.15, 0.2) is 0 Å². The van der Waals surface area contributed by atoms with Crippen LogP contribution >= 0.6 is 0 Å². The van der Waals surface area contributed by atoms with Gasteiger partial charge in [-0.3, -0.25) is 4.90 Å². The SMILES string of the molecule is COC(=O)C1=CN2CCc3c([nH]c4ccccc34)[C@]2(C)[C@H]2CN3CCc4c([nH]c5ccccc45)[C@H]3C[C@H]12. The monoisotopic (exact) mass is 492 g/mol. The van der Waals surface area contributed by atoms with Gasteiger partial charge >= 0.3 is 5.97 Å². The molecule has 6 nitrogen and oxygen atoms in total. The van der Waals surface area contributed by atoms with Crippen LogP contribution in [0, 0.1) is 11.8 Å². The number of methoxy groups -OCH3 is 1. The van der Waals surface area contributed by atoms with Crippen LogP contribution in [-0.2, 0) is 27.9 Å². The Morgan fingerprint density at radius 2 is 1.68 bits per heavy atom. The third-order valence-electron chi connectivity index (χ3n) is 10.0. The number of hydrogen-bond acceptors (Lipinski definition) is 4. The van der Waals surface area contributed by atoms with Gasteiger partial charge in [-0.2, -0.15) is 0 Å². The smallest absolute Gasteiger partial charge is 0.335 e. The fourth-order valence-electron chi connectivity index (χ4n) is 8.23. The van der Waals surface area contributed by atoms with Crippen LogP contribution in [0.4, 0.5) is 0 Å². The summed E-state index contributed by atoms with van der Waals surface area (Å²) >= 11 is 0. The number of ether oxygens (including phenoxy) is 1. The van der Waals surface area contributed by atoms with Gasteiger partial charge in [0.05, 0.1) is 24.3 Å². The van der Waals surface area contributed by atoms with Crippen molar-refractivity contribution in [1.82, 2.24) is 19.8 Å². The van der Waals surface area contributed by atoms with Crippen molar-refractivity contribution in [2.75, 3.05) is 26.7 Å². The third-order valence-corrected chi connectivity index (χ3v) is 10.0. The molecule has 4 aromatic rings. The highest BCUT2D eigenvalue weighted by atomic mass is 16.5. The number of carbonyl (C=O) groups excluding carboxylic acids is 1. The molecule has 2 aromatic carbocycles. The molecular formula is C31H32N4O2. The number of esters is 1. The fraction of sp³-hybridized carbons (Fsp3) is 0.387. The first-order valence-electron chi connectivity index (χ1n) is 13.6. The lowest BCUT2D eigenvalue weighted by molar-refractivity contribution is -0.139. The Morgan fingerprint density at radius 1 is 0.973 bits per heavy atom. The number of carbonyl (C=O) groups is 1. The molecule has 4 aliphatic heterocycles. The van der Waals surface area contributed by atoms with E-state index >= 15 is 0 Å². The first-order chi connectivity index (χ1) is 18.1. The van der Waals surface area contributed by atoms with Crippen LogP contribution in [0.2, 0.25) is 0 Å². The van der Waals surface area contributed by atoms with E-state index in [9.17, 15) is 4.79 Å². The van der Waals surface area contributed by atoms with Crippen molar-refractivity contribution in [3.05, 3.63) is 82.8 Å². The van der Waals surface area contributed by atoms with E-state index in [4.69, 9.17) is 4.74 Å². The van der Waals surface area contributed by atoms with Crippen LogP contribution in [0.1, 0.15) is 41.9 Å². The Balaban J connectivity index is 1.28. The van der Waals surface area contributed by atoms with Crippen molar-refractivity contribution in [2.24, 2.45) is 11.8 Å². The zero-order valence-electron chi connectivity index (χ0n) is 21.4. The number of benzene rings is 2. The molecule has 188 valence electrons. The Kier molecular flexibility index (Phi) is 4.38. The summed E-state index contributed by atoms with van der Waals surface area (Å²) in [6.07, 6.45) is 5.10. The summed E-state index contributed by atoms with van der Waals surface area (Å²) < 4.78 is 5.36. The first kappa shape index (κ1) is 21.6. The van der Waals surface area contributed by atoms with E-state index < -0.39 is 0 Å². The lowest BCUT2D eigenvalue weighted by Crippen LogP contribution is -2.62. The predicted octanol–water partition coefficient (Wildman–Crippen LogP) is 5.03. The van der Waals surface area contributed by atoms with Crippen molar-refractivity contribution in [1.29, 1.82) is 0 Å². The summed E-state index contributed by atoms with van der Waals surface area (Å²) in [5.74, 6) is 0.228. The fourth-order valence-corrected chi connectivity index (χ4v) is 8.23. The van der Waals surface area contributed by atoms with Crippen LogP contribution in [0.15, 0.2) is 60.3 Å². The number of nitrogens with one attached hydrogen (secondary N) is 2. The van der Waals surface area contributed by atoms with Crippen molar-refractivity contribution in [2.45, 2.75) is 37.8 Å². The normalized spacial score (nSPS) is 28.6. The summed E-state index contributed by atoms with van der Waals surface area (Å²) in [6.45, 7) is 5.32. The van der Waals surface area contributed by atoms with E-state index in [0.717, 1.165) is 44.5 Å². The molecule has 2 N–H and O–H groups in total. The topological polar surface area (TPSA) is 64.4 Å². The molecule has 2 aromatic heterocycles. The van der Waals surface area contributed by atoms with E-state index in [0.29, 0.717) is 0 Å². The maximum absolute atomic E-state index is 13.2. The maximum atomic E-state index is 13.2. The summed E-state index contributed by atoms with van der Waals surface area (Å²) in [7, 11) is 1.52. The van der Waals surface area contributed by atoms with Gasteiger partial charge < -0.3 is 19.6 Å². The second-order valence-electron chi connectivity index (χ2n) is 11.5. The number of H-pyrrole nitrogens is 2. The number of nitrogens with zero attached hydrogens (tertiary/aromatic N) is 2. The average Bonchev–Trinajstić information content (AvgIpc) is 3.51. The Morgan fingerprint density at radius 3 is 2.46 bits per heavy atom. The molecular weight excluding hydrogens is 460 g/mol. The molecule has 8 rings (SSSR count). The van der Waals surface area contributed by atoms with Crippen molar-refractivity contribution in [3.63, 3.8) is 0 Å². The van der Waals surface area contributed by atoms with Crippen LogP contribution in [0.5, 0.6) is 0 Å². The van der Waals surface area contributed by atoms with E-state index in [1.165, 1.54) is 51.4 Å². The van der Waals surface area contributed by atoms with Crippen LogP contribution in [0.3, 0.4) is 0 Å². The minimum absolute atomic E-state index is 0.129. The molecule has 0 spiro atoms. The minimum Gasteiger partial charge on any atom is -0.466 e. The van der Waals surface area contributed by atoms with E-state index in [2.05, 4.69) is 81.4 Å². The van der Waals surface area contributed by atoms with Gasteiger partial charge in [-0.15, -0.1) is 0 Å². The molecule has 0 aliphatic carbocycles. The van der Waals surface area contributed by atoms with Gasteiger partial charge in [0.1, 0.15) is 0 Å². The number of para-hydroxylation sites is 2. The average molecular weight is 493 g/mol. The Labute approximate surface area is 216 Å². The number of rotatable bonds is 1. The molecule has 0 saturated carbocycles. The summed E-state index contributed by atoms with van der Waals surface area (Å²) in [5, 5.41) is 2.69. The van der Waals surface area contributed by atoms with E-state index in [1.807, 2.05) is 0 Å². The summed E-state index contributed by atoms with van der Waals surface area (Å²) in [4.78, 5) is 25.9. The zero-order valence-corrected chi connectivity index (χ0v) is 21.4. The van der Waals surface area contributed by atoms with Crippen LogP contribution < -0.4 is 0 Å². The number of piperidine rings is 1. The molecule has 6 heterocycles. The lowest BCUT2D eigenvalue weighted by atomic mass is 9.62. The third kappa shape index (κ3) is 2.77. The summed E-state index contributed by atoms with van der Waals surface area (Å²) in [6, 6.07) is 17.6.